The molecule has 0 spiro atoms. The van der Waals surface area contributed by atoms with Crippen molar-refractivity contribution < 1.29 is 4.79 Å². The average Bonchev–Trinajstić information content (AvgIpc) is 2.10. The summed E-state index contributed by atoms with van der Waals surface area (Å²) in [6.45, 7) is 5.06. The highest BCUT2D eigenvalue weighted by atomic mass is 16.2. The molecule has 1 amide bonds. The van der Waals surface area contributed by atoms with Crippen LogP contribution < -0.4 is 0 Å². The first-order valence-corrected chi connectivity index (χ1v) is 4.68. The van der Waals surface area contributed by atoms with Crippen LogP contribution in [0.1, 0.15) is 33.1 Å². The highest BCUT2D eigenvalue weighted by Crippen LogP contribution is 2.02. The molecule has 0 saturated heterocycles. The van der Waals surface area contributed by atoms with Gasteiger partial charge in [-0.15, -0.1) is 0 Å². The van der Waals surface area contributed by atoms with Crippen LogP contribution in [0, 0.1) is 17.2 Å². The monoisotopic (exact) mass is 182 g/mol. The number of rotatable bonds is 5. The maximum absolute atomic E-state index is 11.3. The zero-order valence-electron chi connectivity index (χ0n) is 8.71. The maximum Gasteiger partial charge on any atom is 0.223 e. The Morgan fingerprint density at radius 3 is 2.62 bits per heavy atom. The molecule has 0 aromatic rings. The maximum atomic E-state index is 11.3. The summed E-state index contributed by atoms with van der Waals surface area (Å²) in [5.74, 6) is 0.688. The van der Waals surface area contributed by atoms with Gasteiger partial charge < -0.3 is 4.90 Å². The van der Waals surface area contributed by atoms with Crippen LogP contribution in [0.15, 0.2) is 0 Å². The highest BCUT2D eigenvalue weighted by molar-refractivity contribution is 5.76. The molecule has 0 atom stereocenters. The second-order valence-electron chi connectivity index (χ2n) is 3.66. The molecule has 0 radical (unpaired) electrons. The van der Waals surface area contributed by atoms with E-state index in [2.05, 4.69) is 13.8 Å². The van der Waals surface area contributed by atoms with E-state index < -0.39 is 0 Å². The van der Waals surface area contributed by atoms with Crippen molar-refractivity contribution in [1.29, 1.82) is 5.26 Å². The van der Waals surface area contributed by atoms with Crippen molar-refractivity contribution in [2.75, 3.05) is 13.6 Å². The van der Waals surface area contributed by atoms with E-state index in [4.69, 9.17) is 5.26 Å². The summed E-state index contributed by atoms with van der Waals surface area (Å²) >= 11 is 0. The Kier molecular flexibility index (Phi) is 5.96. The van der Waals surface area contributed by atoms with Gasteiger partial charge in [0.1, 0.15) is 0 Å². The van der Waals surface area contributed by atoms with Crippen molar-refractivity contribution in [1.82, 2.24) is 4.90 Å². The normalized spacial score (nSPS) is 9.77. The van der Waals surface area contributed by atoms with Crippen LogP contribution >= 0.6 is 0 Å². The van der Waals surface area contributed by atoms with Crippen LogP contribution in [0.4, 0.5) is 0 Å². The predicted octanol–water partition coefficient (Wildman–Crippen LogP) is 1.79. The first kappa shape index (κ1) is 12.0. The third-order valence-corrected chi connectivity index (χ3v) is 1.92. The standard InChI is InChI=1S/C10H18N2O/c1-9(2)6-8-12(3)10(13)5-4-7-11/h9H,4-6,8H2,1-3H3. The molecule has 0 unspecified atom stereocenters. The fourth-order valence-electron chi connectivity index (χ4n) is 0.930. The van der Waals surface area contributed by atoms with Crippen LogP contribution in [-0.2, 0) is 4.79 Å². The van der Waals surface area contributed by atoms with Crippen molar-refractivity contribution in [3.05, 3.63) is 0 Å². The Bertz CT molecular complexity index is 194. The van der Waals surface area contributed by atoms with Gasteiger partial charge in [0, 0.05) is 26.4 Å². The average molecular weight is 182 g/mol. The topological polar surface area (TPSA) is 44.1 Å². The summed E-state index contributed by atoms with van der Waals surface area (Å²) in [4.78, 5) is 13.0. The quantitative estimate of drug-likeness (QED) is 0.650. The van der Waals surface area contributed by atoms with Crippen molar-refractivity contribution in [2.45, 2.75) is 33.1 Å². The number of amides is 1. The number of nitriles is 1. The molecule has 0 bridgehead atoms. The molecule has 3 nitrogen and oxygen atoms in total. The number of carbonyl (C=O) groups excluding carboxylic acids is 1. The third kappa shape index (κ3) is 6.15. The molecule has 13 heavy (non-hydrogen) atoms. The van der Waals surface area contributed by atoms with E-state index in [0.717, 1.165) is 13.0 Å². The molecular formula is C10H18N2O. The van der Waals surface area contributed by atoms with Gasteiger partial charge in [-0.1, -0.05) is 13.8 Å². The second-order valence-corrected chi connectivity index (χ2v) is 3.66. The molecule has 0 aliphatic carbocycles. The largest absolute Gasteiger partial charge is 0.346 e. The van der Waals surface area contributed by atoms with Gasteiger partial charge in [0.2, 0.25) is 5.91 Å². The lowest BCUT2D eigenvalue weighted by atomic mass is 10.1. The first-order valence-electron chi connectivity index (χ1n) is 4.68. The molecule has 0 N–H and O–H groups in total. The van der Waals surface area contributed by atoms with Crippen molar-refractivity contribution in [2.24, 2.45) is 5.92 Å². The summed E-state index contributed by atoms with van der Waals surface area (Å²) in [5.41, 5.74) is 0. The summed E-state index contributed by atoms with van der Waals surface area (Å²) < 4.78 is 0. The van der Waals surface area contributed by atoms with Gasteiger partial charge in [-0.3, -0.25) is 4.79 Å². The number of hydrogen-bond acceptors (Lipinski definition) is 2. The lowest BCUT2D eigenvalue weighted by Crippen LogP contribution is -2.28. The van der Waals surface area contributed by atoms with E-state index in [1.165, 1.54) is 0 Å². The van der Waals surface area contributed by atoms with Gasteiger partial charge in [-0.2, -0.15) is 5.26 Å². The lowest BCUT2D eigenvalue weighted by molar-refractivity contribution is -0.129. The Balaban J connectivity index is 3.64. The van der Waals surface area contributed by atoms with Crippen LogP contribution in [0.2, 0.25) is 0 Å². The molecule has 3 heteroatoms. The van der Waals surface area contributed by atoms with Gasteiger partial charge in [-0.25, -0.2) is 0 Å². The fourth-order valence-corrected chi connectivity index (χ4v) is 0.930. The molecule has 0 aromatic heterocycles. The molecule has 74 valence electrons. The smallest absolute Gasteiger partial charge is 0.223 e. The summed E-state index contributed by atoms with van der Waals surface area (Å²) in [6.07, 6.45) is 1.70. The van der Waals surface area contributed by atoms with E-state index >= 15 is 0 Å². The minimum atomic E-state index is 0.0715. The summed E-state index contributed by atoms with van der Waals surface area (Å²) in [6, 6.07) is 1.97. The summed E-state index contributed by atoms with van der Waals surface area (Å²) in [5, 5.41) is 8.29. The Labute approximate surface area is 80.3 Å². The zero-order chi connectivity index (χ0) is 10.3. The zero-order valence-corrected chi connectivity index (χ0v) is 8.71. The van der Waals surface area contributed by atoms with Crippen LogP contribution in [0.3, 0.4) is 0 Å². The minimum absolute atomic E-state index is 0.0715. The van der Waals surface area contributed by atoms with Crippen LogP contribution in [-0.4, -0.2) is 24.4 Å². The van der Waals surface area contributed by atoms with Crippen molar-refractivity contribution in [3.8, 4) is 6.07 Å². The lowest BCUT2D eigenvalue weighted by Gasteiger charge is -2.17. The van der Waals surface area contributed by atoms with Crippen molar-refractivity contribution >= 4 is 5.91 Å². The Hall–Kier alpha value is -1.04. The second kappa shape index (κ2) is 6.47. The highest BCUT2D eigenvalue weighted by Gasteiger charge is 2.07. The molecule has 0 heterocycles. The molecule has 0 aromatic carbocycles. The van der Waals surface area contributed by atoms with Gasteiger partial charge in [0.05, 0.1) is 6.07 Å². The summed E-state index contributed by atoms with van der Waals surface area (Å²) in [7, 11) is 1.79. The van der Waals surface area contributed by atoms with Gasteiger partial charge >= 0.3 is 0 Å². The minimum Gasteiger partial charge on any atom is -0.346 e. The SMILES string of the molecule is CC(C)CCN(C)C(=O)CCC#N. The molecule has 0 saturated carbocycles. The van der Waals surface area contributed by atoms with Crippen LogP contribution in [0.25, 0.3) is 0 Å². The van der Waals surface area contributed by atoms with E-state index in [0.29, 0.717) is 18.8 Å². The molecule has 0 rings (SSSR count). The Morgan fingerprint density at radius 1 is 1.54 bits per heavy atom. The van der Waals surface area contributed by atoms with Gasteiger partial charge in [-0.05, 0) is 12.3 Å². The fraction of sp³-hybridized carbons (Fsp3) is 0.800. The molecule has 0 aliphatic heterocycles. The van der Waals surface area contributed by atoms with Gasteiger partial charge in [0.15, 0.2) is 0 Å². The molecular weight excluding hydrogens is 164 g/mol. The molecule has 0 aliphatic rings. The van der Waals surface area contributed by atoms with Crippen LogP contribution in [0.5, 0.6) is 0 Å². The van der Waals surface area contributed by atoms with E-state index in [9.17, 15) is 4.79 Å². The van der Waals surface area contributed by atoms with Gasteiger partial charge in [0.25, 0.3) is 0 Å². The van der Waals surface area contributed by atoms with E-state index in [1.807, 2.05) is 6.07 Å². The molecule has 0 fully saturated rings. The first-order chi connectivity index (χ1) is 6.07. The Morgan fingerprint density at radius 2 is 2.15 bits per heavy atom. The third-order valence-electron chi connectivity index (χ3n) is 1.92. The number of nitrogens with zero attached hydrogens (tertiary/aromatic N) is 2. The van der Waals surface area contributed by atoms with E-state index in [1.54, 1.807) is 11.9 Å². The van der Waals surface area contributed by atoms with E-state index in [-0.39, 0.29) is 5.91 Å². The predicted molar refractivity (Wildman–Crippen MR) is 51.9 cm³/mol. The number of hydrogen-bond donors (Lipinski definition) is 0. The van der Waals surface area contributed by atoms with Crippen molar-refractivity contribution in [3.63, 3.8) is 0 Å². The number of carbonyl (C=O) groups is 1.